The van der Waals surface area contributed by atoms with Crippen LogP contribution < -0.4 is 14.8 Å². The van der Waals surface area contributed by atoms with Gasteiger partial charge in [-0.15, -0.1) is 5.10 Å². The molecule has 0 spiro atoms. The highest BCUT2D eigenvalue weighted by Crippen LogP contribution is 2.29. The molecule has 0 unspecified atom stereocenters. The van der Waals surface area contributed by atoms with Crippen molar-refractivity contribution in [3.8, 4) is 11.5 Å². The summed E-state index contributed by atoms with van der Waals surface area (Å²) >= 11 is 13.0. The van der Waals surface area contributed by atoms with E-state index in [4.69, 9.17) is 32.7 Å². The second-order valence-corrected chi connectivity index (χ2v) is 8.05. The first kappa shape index (κ1) is 23.6. The van der Waals surface area contributed by atoms with E-state index in [0.717, 1.165) is 29.0 Å². The van der Waals surface area contributed by atoms with Crippen LogP contribution in [-0.4, -0.2) is 37.5 Å². The van der Waals surface area contributed by atoms with E-state index in [1.165, 1.54) is 13.3 Å². The van der Waals surface area contributed by atoms with Gasteiger partial charge < -0.3 is 14.2 Å². The Morgan fingerprint density at radius 1 is 1.16 bits per heavy atom. The number of rotatable bonds is 7. The Bertz CT molecular complexity index is 1130. The number of ether oxygens (including phenoxy) is 3. The zero-order chi connectivity index (χ0) is 23.1. The van der Waals surface area contributed by atoms with Gasteiger partial charge in [-0.05, 0) is 53.7 Å². The molecule has 1 amide bonds. The van der Waals surface area contributed by atoms with Crippen molar-refractivity contribution in [2.75, 3.05) is 14.2 Å². The Labute approximate surface area is 198 Å². The number of methoxy groups -OCH3 is 2. The quantitative estimate of drug-likeness (QED) is 0.268. The average Bonchev–Trinajstić information content (AvgIpc) is 3.12. The fourth-order valence-corrected chi connectivity index (χ4v) is 3.73. The predicted molar refractivity (Wildman–Crippen MR) is 125 cm³/mol. The van der Waals surface area contributed by atoms with Gasteiger partial charge >= 0.3 is 5.97 Å². The van der Waals surface area contributed by atoms with E-state index in [2.05, 4.69) is 20.3 Å². The van der Waals surface area contributed by atoms with Crippen molar-refractivity contribution in [1.29, 1.82) is 0 Å². The topological polar surface area (TPSA) is 98.6 Å². The molecule has 2 aromatic rings. The maximum Gasteiger partial charge on any atom is 0.331 e. The molecule has 0 radical (unpaired) electrons. The third-order valence-corrected chi connectivity index (χ3v) is 5.47. The monoisotopic (exact) mass is 493 g/mol. The van der Waals surface area contributed by atoms with Crippen LogP contribution >= 0.6 is 35.0 Å². The first-order chi connectivity index (χ1) is 15.4. The van der Waals surface area contributed by atoms with Gasteiger partial charge in [-0.2, -0.15) is 5.10 Å². The molecule has 0 saturated carbocycles. The fourth-order valence-electron chi connectivity index (χ4n) is 2.53. The zero-order valence-electron chi connectivity index (χ0n) is 16.9. The molecule has 0 aromatic heterocycles. The summed E-state index contributed by atoms with van der Waals surface area (Å²) in [7, 11) is 2.79. The van der Waals surface area contributed by atoms with Gasteiger partial charge in [0, 0.05) is 16.7 Å². The molecule has 166 valence electrons. The minimum absolute atomic E-state index is 0.176. The molecule has 11 heteroatoms. The number of carbonyl (C=O) groups is 2. The van der Waals surface area contributed by atoms with Crippen molar-refractivity contribution in [1.82, 2.24) is 5.32 Å². The first-order valence-electron chi connectivity index (χ1n) is 9.04. The number of hydrogen-bond acceptors (Lipinski definition) is 8. The van der Waals surface area contributed by atoms with Gasteiger partial charge in [0.05, 0.1) is 30.4 Å². The maximum atomic E-state index is 11.8. The minimum atomic E-state index is -0.625. The van der Waals surface area contributed by atoms with Gasteiger partial charge in [-0.1, -0.05) is 23.2 Å². The van der Waals surface area contributed by atoms with Crippen LogP contribution in [0.5, 0.6) is 11.5 Å². The Hall–Kier alpha value is -3.01. The van der Waals surface area contributed by atoms with Gasteiger partial charge in [0.1, 0.15) is 18.1 Å². The van der Waals surface area contributed by atoms with Crippen molar-refractivity contribution in [2.45, 2.75) is 6.61 Å². The predicted octanol–water partition coefficient (Wildman–Crippen LogP) is 4.19. The smallest absolute Gasteiger partial charge is 0.331 e. The molecule has 3 rings (SSSR count). The number of carbonyl (C=O) groups excluding carboxylic acids is 2. The van der Waals surface area contributed by atoms with E-state index >= 15 is 0 Å². The Morgan fingerprint density at radius 3 is 2.66 bits per heavy atom. The normalized spacial score (nSPS) is 15.9. The van der Waals surface area contributed by atoms with E-state index in [0.29, 0.717) is 21.5 Å². The Kier molecular flexibility index (Phi) is 8.15. The second-order valence-electron chi connectivity index (χ2n) is 6.17. The lowest BCUT2D eigenvalue weighted by molar-refractivity contribution is -0.135. The molecule has 1 saturated heterocycles. The summed E-state index contributed by atoms with van der Waals surface area (Å²) < 4.78 is 15.7. The molecule has 1 aliphatic heterocycles. The third kappa shape index (κ3) is 6.25. The average molecular weight is 494 g/mol. The number of nitrogens with one attached hydrogen (secondary N) is 1. The molecule has 0 atom stereocenters. The molecular formula is C21H17Cl2N3O5S. The molecule has 1 heterocycles. The lowest BCUT2D eigenvalue weighted by Crippen LogP contribution is -2.19. The van der Waals surface area contributed by atoms with Gasteiger partial charge in [0.2, 0.25) is 0 Å². The highest BCUT2D eigenvalue weighted by atomic mass is 35.5. The molecule has 1 N–H and O–H groups in total. The largest absolute Gasteiger partial charge is 0.496 e. The van der Waals surface area contributed by atoms with Crippen LogP contribution in [0.15, 0.2) is 57.6 Å². The highest BCUT2D eigenvalue weighted by molar-refractivity contribution is 8.18. The van der Waals surface area contributed by atoms with Crippen molar-refractivity contribution in [2.24, 2.45) is 10.2 Å². The lowest BCUT2D eigenvalue weighted by Gasteiger charge is -2.12. The summed E-state index contributed by atoms with van der Waals surface area (Å²) in [5, 5.41) is 11.7. The van der Waals surface area contributed by atoms with Crippen molar-refractivity contribution >= 4 is 58.2 Å². The van der Waals surface area contributed by atoms with Gasteiger partial charge in [0.15, 0.2) is 5.17 Å². The Morgan fingerprint density at radius 2 is 1.94 bits per heavy atom. The van der Waals surface area contributed by atoms with E-state index in [-0.39, 0.29) is 16.7 Å². The van der Waals surface area contributed by atoms with Crippen LogP contribution in [0.3, 0.4) is 0 Å². The third-order valence-electron chi connectivity index (χ3n) is 4.04. The summed E-state index contributed by atoms with van der Waals surface area (Å²) in [5.74, 6) is 0.0579. The van der Waals surface area contributed by atoms with E-state index in [1.54, 1.807) is 37.4 Å². The summed E-state index contributed by atoms with van der Waals surface area (Å²) in [4.78, 5) is 23.3. The number of esters is 1. The lowest BCUT2D eigenvalue weighted by atomic mass is 10.1. The van der Waals surface area contributed by atoms with E-state index in [1.807, 2.05) is 6.07 Å². The summed E-state index contributed by atoms with van der Waals surface area (Å²) in [6, 6.07) is 10.4. The van der Waals surface area contributed by atoms with Gasteiger partial charge in [-0.25, -0.2) is 4.79 Å². The number of thioether (sulfide) groups is 1. The molecular weight excluding hydrogens is 477 g/mol. The van der Waals surface area contributed by atoms with Crippen LogP contribution in [-0.2, 0) is 20.9 Å². The van der Waals surface area contributed by atoms with Crippen LogP contribution in [0.25, 0.3) is 0 Å². The van der Waals surface area contributed by atoms with Crippen LogP contribution in [0.2, 0.25) is 10.0 Å². The minimum Gasteiger partial charge on any atom is -0.496 e. The van der Waals surface area contributed by atoms with Crippen LogP contribution in [0.4, 0.5) is 0 Å². The van der Waals surface area contributed by atoms with Crippen molar-refractivity contribution < 1.29 is 23.8 Å². The van der Waals surface area contributed by atoms with Gasteiger partial charge in [0.25, 0.3) is 5.91 Å². The summed E-state index contributed by atoms with van der Waals surface area (Å²) in [5.41, 5.74) is 1.50. The van der Waals surface area contributed by atoms with Crippen molar-refractivity contribution in [3.63, 3.8) is 0 Å². The van der Waals surface area contributed by atoms with Crippen LogP contribution in [0, 0.1) is 0 Å². The Balaban J connectivity index is 1.70. The van der Waals surface area contributed by atoms with E-state index in [9.17, 15) is 9.59 Å². The number of amides is 1. The number of nitrogens with zero attached hydrogens (tertiary/aromatic N) is 2. The number of hydrogen-bond donors (Lipinski definition) is 1. The molecule has 32 heavy (non-hydrogen) atoms. The number of amidine groups is 1. The van der Waals surface area contributed by atoms with E-state index < -0.39 is 11.9 Å². The molecule has 1 fully saturated rings. The SMILES string of the molecule is COC(=O)/C=C1/S/C(=N\N=Cc2ccc(OC)c(COc3ccc(Cl)cc3Cl)c2)NC1=O. The summed E-state index contributed by atoms with van der Waals surface area (Å²) in [6.45, 7) is 0.203. The number of benzene rings is 2. The molecule has 1 aliphatic rings. The number of halogens is 2. The van der Waals surface area contributed by atoms with Crippen molar-refractivity contribution in [3.05, 3.63) is 68.6 Å². The molecule has 0 aliphatic carbocycles. The standard InChI is InChI=1S/C21H17Cl2N3O5S/c1-29-16-5-3-12(7-13(16)11-31-17-6-4-14(22)8-15(17)23)10-24-26-21-25-20(28)18(32-21)9-19(27)30-2/h3-10H,11H2,1-2H3,(H,25,26,28)/b18-9+,24-10?. The zero-order valence-corrected chi connectivity index (χ0v) is 19.3. The molecule has 2 aromatic carbocycles. The maximum absolute atomic E-state index is 11.8. The fraction of sp³-hybridized carbons (Fsp3) is 0.143. The molecule has 0 bridgehead atoms. The molecule has 8 nitrogen and oxygen atoms in total. The highest BCUT2D eigenvalue weighted by Gasteiger charge is 2.25. The first-order valence-corrected chi connectivity index (χ1v) is 10.6. The second kappa shape index (κ2) is 11.0. The van der Waals surface area contributed by atoms with Crippen LogP contribution in [0.1, 0.15) is 11.1 Å². The summed E-state index contributed by atoms with van der Waals surface area (Å²) in [6.07, 6.45) is 2.61. The van der Waals surface area contributed by atoms with Gasteiger partial charge in [-0.3, -0.25) is 10.1 Å².